The number of pyridine rings is 2. The molecule has 0 N–H and O–H groups in total. The Balaban J connectivity index is 2.02. The molecule has 0 radical (unpaired) electrons. The van der Waals surface area contributed by atoms with Crippen LogP contribution in [0.3, 0.4) is 0 Å². The smallest absolute Gasteiger partial charge is 0.356 e. The molecule has 110 valence electrons. The summed E-state index contributed by atoms with van der Waals surface area (Å²) in [6.07, 6.45) is 3.38. The van der Waals surface area contributed by atoms with Crippen LogP contribution in [0.5, 0.6) is 0 Å². The van der Waals surface area contributed by atoms with Gasteiger partial charge >= 0.3 is 5.97 Å². The molecule has 2 heterocycles. The minimum absolute atomic E-state index is 0.374. The van der Waals surface area contributed by atoms with Crippen molar-refractivity contribution in [2.45, 2.75) is 18.4 Å². The molecule has 0 aromatic carbocycles. The van der Waals surface area contributed by atoms with Crippen LogP contribution in [0.4, 0.5) is 0 Å². The van der Waals surface area contributed by atoms with E-state index < -0.39 is 5.97 Å². The fourth-order valence-corrected chi connectivity index (χ4v) is 3.10. The Morgan fingerprint density at radius 2 is 2.10 bits per heavy atom. The fourth-order valence-electron chi connectivity index (χ4n) is 1.81. The maximum Gasteiger partial charge on any atom is 0.356 e. The molecule has 0 amide bonds. The maximum absolute atomic E-state index is 11.6. The third kappa shape index (κ3) is 4.19. The second-order valence-electron chi connectivity index (χ2n) is 4.43. The van der Waals surface area contributed by atoms with Crippen molar-refractivity contribution in [3.05, 3.63) is 58.1 Å². The zero-order valence-corrected chi connectivity index (χ0v) is 13.4. The molecule has 2 aromatic heterocycles. The van der Waals surface area contributed by atoms with Gasteiger partial charge in [-0.15, -0.1) is 0 Å². The highest BCUT2D eigenvalue weighted by molar-refractivity contribution is 7.97. The number of hydrogen-bond donors (Lipinski definition) is 0. The van der Waals surface area contributed by atoms with Crippen molar-refractivity contribution in [2.75, 3.05) is 7.11 Å². The van der Waals surface area contributed by atoms with Crippen molar-refractivity contribution < 1.29 is 9.53 Å². The van der Waals surface area contributed by atoms with E-state index in [4.69, 9.17) is 16.3 Å². The molecule has 0 bridgehead atoms. The first-order chi connectivity index (χ1) is 10.1. The number of rotatable bonds is 5. The van der Waals surface area contributed by atoms with Gasteiger partial charge in [-0.05, 0) is 35.7 Å². The summed E-state index contributed by atoms with van der Waals surface area (Å²) in [4.78, 5) is 19.8. The quantitative estimate of drug-likeness (QED) is 0.621. The molecule has 0 atom stereocenters. The van der Waals surface area contributed by atoms with E-state index in [-0.39, 0.29) is 0 Å². The zero-order valence-electron chi connectivity index (χ0n) is 11.8. The van der Waals surface area contributed by atoms with Gasteiger partial charge < -0.3 is 4.74 Å². The summed E-state index contributed by atoms with van der Waals surface area (Å²) in [5.74, 6) is 1.07. The fraction of sp³-hybridized carbons (Fsp3) is 0.267. The lowest BCUT2D eigenvalue weighted by molar-refractivity contribution is 0.0593. The summed E-state index contributed by atoms with van der Waals surface area (Å²) in [6, 6.07) is 5.55. The number of nitrogens with zero attached hydrogens (tertiary/aromatic N) is 2. The van der Waals surface area contributed by atoms with Crippen LogP contribution in [0.15, 0.2) is 30.6 Å². The summed E-state index contributed by atoms with van der Waals surface area (Å²) >= 11 is 7.53. The number of halogens is 1. The summed E-state index contributed by atoms with van der Waals surface area (Å²) < 4.78 is 4.74. The van der Waals surface area contributed by atoms with Crippen LogP contribution in [-0.2, 0) is 16.2 Å². The lowest BCUT2D eigenvalue weighted by Gasteiger charge is -2.08. The molecular weight excluding hydrogens is 308 g/mol. The maximum atomic E-state index is 11.6. The Morgan fingerprint density at radius 1 is 1.33 bits per heavy atom. The van der Waals surface area contributed by atoms with Gasteiger partial charge in [0.15, 0.2) is 5.69 Å². The van der Waals surface area contributed by atoms with Crippen LogP contribution in [-0.4, -0.2) is 23.0 Å². The van der Waals surface area contributed by atoms with Crippen molar-refractivity contribution in [1.82, 2.24) is 9.97 Å². The largest absolute Gasteiger partial charge is 0.464 e. The number of carbonyl (C=O) groups excluding carboxylic acids is 1. The standard InChI is InChI=1S/C15H15ClN2O2S/c1-10-6-13(16)18-7-12(10)9-21-8-11-4-3-5-17-14(11)15(19)20-2/h3-7H,8-9H2,1-2H3. The van der Waals surface area contributed by atoms with Crippen molar-refractivity contribution in [2.24, 2.45) is 0 Å². The molecule has 6 heteroatoms. The summed E-state index contributed by atoms with van der Waals surface area (Å²) in [5.41, 5.74) is 3.49. The normalized spacial score (nSPS) is 10.4. The number of methoxy groups -OCH3 is 1. The van der Waals surface area contributed by atoms with E-state index in [0.717, 1.165) is 22.4 Å². The zero-order chi connectivity index (χ0) is 15.2. The van der Waals surface area contributed by atoms with Crippen molar-refractivity contribution >= 4 is 29.3 Å². The SMILES string of the molecule is COC(=O)c1ncccc1CSCc1cnc(Cl)cc1C. The highest BCUT2D eigenvalue weighted by Gasteiger charge is 2.12. The Bertz CT molecular complexity index is 649. The predicted octanol–water partition coefficient (Wildman–Crippen LogP) is 3.66. The summed E-state index contributed by atoms with van der Waals surface area (Å²) in [7, 11) is 1.36. The Morgan fingerprint density at radius 3 is 2.81 bits per heavy atom. The van der Waals surface area contributed by atoms with Gasteiger partial charge in [-0.3, -0.25) is 0 Å². The number of aryl methyl sites for hydroxylation is 1. The third-order valence-electron chi connectivity index (χ3n) is 2.97. The first-order valence-corrected chi connectivity index (χ1v) is 7.86. The van der Waals surface area contributed by atoms with Gasteiger partial charge in [0.25, 0.3) is 0 Å². The molecule has 0 spiro atoms. The number of esters is 1. The first-order valence-electron chi connectivity index (χ1n) is 6.32. The molecule has 2 aromatic rings. The minimum atomic E-state index is -0.407. The van der Waals surface area contributed by atoms with Crippen LogP contribution in [0.25, 0.3) is 0 Å². The number of hydrogen-bond acceptors (Lipinski definition) is 5. The van der Waals surface area contributed by atoms with Gasteiger partial charge in [-0.25, -0.2) is 14.8 Å². The predicted molar refractivity (Wildman–Crippen MR) is 84.6 cm³/mol. The van der Waals surface area contributed by atoms with Gasteiger partial charge in [0.05, 0.1) is 7.11 Å². The molecule has 0 unspecified atom stereocenters. The average Bonchev–Trinajstić information content (AvgIpc) is 2.49. The van der Waals surface area contributed by atoms with E-state index in [9.17, 15) is 4.79 Å². The number of carbonyl (C=O) groups is 1. The van der Waals surface area contributed by atoms with Crippen LogP contribution in [0.1, 0.15) is 27.2 Å². The molecule has 0 saturated heterocycles. The first kappa shape index (κ1) is 15.8. The van der Waals surface area contributed by atoms with E-state index in [1.807, 2.05) is 25.1 Å². The Labute approximate surface area is 132 Å². The molecular formula is C15H15ClN2O2S. The van der Waals surface area contributed by atoms with E-state index in [1.165, 1.54) is 7.11 Å². The molecule has 2 rings (SSSR count). The Hall–Kier alpha value is -1.59. The molecule has 0 aliphatic rings. The van der Waals surface area contributed by atoms with Crippen molar-refractivity contribution in [3.8, 4) is 0 Å². The number of ether oxygens (including phenoxy) is 1. The van der Waals surface area contributed by atoms with Crippen LogP contribution in [0.2, 0.25) is 5.15 Å². The highest BCUT2D eigenvalue weighted by atomic mass is 35.5. The van der Waals surface area contributed by atoms with Gasteiger partial charge in [0, 0.05) is 23.9 Å². The topological polar surface area (TPSA) is 52.1 Å². The second-order valence-corrected chi connectivity index (χ2v) is 5.80. The van der Waals surface area contributed by atoms with E-state index in [2.05, 4.69) is 9.97 Å². The van der Waals surface area contributed by atoms with E-state index >= 15 is 0 Å². The average molecular weight is 323 g/mol. The molecule has 0 fully saturated rings. The molecule has 0 saturated carbocycles. The molecule has 0 aliphatic heterocycles. The van der Waals surface area contributed by atoms with Crippen LogP contribution < -0.4 is 0 Å². The highest BCUT2D eigenvalue weighted by Crippen LogP contribution is 2.22. The number of aromatic nitrogens is 2. The van der Waals surface area contributed by atoms with Gasteiger partial charge in [-0.2, -0.15) is 11.8 Å². The van der Waals surface area contributed by atoms with Gasteiger partial charge in [-0.1, -0.05) is 17.7 Å². The molecule has 0 aliphatic carbocycles. The lowest BCUT2D eigenvalue weighted by atomic mass is 10.2. The molecule has 21 heavy (non-hydrogen) atoms. The second kappa shape index (κ2) is 7.43. The summed E-state index contributed by atoms with van der Waals surface area (Å²) in [5, 5.41) is 0.501. The van der Waals surface area contributed by atoms with E-state index in [0.29, 0.717) is 16.6 Å². The monoisotopic (exact) mass is 322 g/mol. The van der Waals surface area contributed by atoms with Crippen molar-refractivity contribution in [1.29, 1.82) is 0 Å². The van der Waals surface area contributed by atoms with Gasteiger partial charge in [0.1, 0.15) is 5.15 Å². The Kier molecular flexibility index (Phi) is 5.59. The van der Waals surface area contributed by atoms with E-state index in [1.54, 1.807) is 24.2 Å². The molecule has 4 nitrogen and oxygen atoms in total. The minimum Gasteiger partial charge on any atom is -0.464 e. The summed E-state index contributed by atoms with van der Waals surface area (Å²) in [6.45, 7) is 2.01. The van der Waals surface area contributed by atoms with Gasteiger partial charge in [0.2, 0.25) is 0 Å². The van der Waals surface area contributed by atoms with Crippen molar-refractivity contribution in [3.63, 3.8) is 0 Å². The third-order valence-corrected chi connectivity index (χ3v) is 4.21. The van der Waals surface area contributed by atoms with Crippen LogP contribution in [0, 0.1) is 6.92 Å². The van der Waals surface area contributed by atoms with Crippen LogP contribution >= 0.6 is 23.4 Å². The lowest BCUT2D eigenvalue weighted by Crippen LogP contribution is -2.07. The number of thioether (sulfide) groups is 1.